The number of alkyl halides is 3. The van der Waals surface area contributed by atoms with Crippen LogP contribution in [-0.4, -0.2) is 69.0 Å². The van der Waals surface area contributed by atoms with Gasteiger partial charge in [-0.25, -0.2) is 14.6 Å². The van der Waals surface area contributed by atoms with Gasteiger partial charge < -0.3 is 19.1 Å². The Morgan fingerprint density at radius 3 is 2.63 bits per heavy atom. The number of thiazole rings is 1. The number of fused-ring (bicyclic) bond motifs is 1. The summed E-state index contributed by atoms with van der Waals surface area (Å²) >= 11 is 18.0. The number of ketones is 1. The fourth-order valence-electron chi connectivity index (χ4n) is 3.01. The number of likely N-dealkylation sites (tertiary alicyclic amines) is 1. The van der Waals surface area contributed by atoms with Crippen molar-refractivity contribution in [3.63, 3.8) is 0 Å². The molecule has 1 amide bonds. The lowest BCUT2D eigenvalue weighted by Gasteiger charge is -2.40. The Bertz CT molecular complexity index is 1140. The third-order valence-corrected chi connectivity index (χ3v) is 8.89. The molecule has 3 rings (SSSR count). The summed E-state index contributed by atoms with van der Waals surface area (Å²) in [5, 5.41) is 0.118. The van der Waals surface area contributed by atoms with Crippen molar-refractivity contribution in [2.24, 2.45) is 0 Å². The highest BCUT2D eigenvalue weighted by molar-refractivity contribution is 8.77. The number of aromatic nitrogens is 1. The van der Waals surface area contributed by atoms with Crippen LogP contribution in [0, 0.1) is 0 Å². The van der Waals surface area contributed by atoms with Gasteiger partial charge in [0.15, 0.2) is 17.9 Å². The number of β-lactam (4-membered cyclic amide) rings is 1. The minimum atomic E-state index is -1.74. The van der Waals surface area contributed by atoms with Crippen molar-refractivity contribution in [1.82, 2.24) is 9.88 Å². The highest BCUT2D eigenvalue weighted by Crippen LogP contribution is 2.43. The lowest BCUT2D eigenvalue weighted by Crippen LogP contribution is -2.63. The molecule has 190 valence electrons. The largest absolute Gasteiger partial charge is 0.509 e. The highest BCUT2D eigenvalue weighted by atomic mass is 35.6. The second-order valence-electron chi connectivity index (χ2n) is 7.26. The van der Waals surface area contributed by atoms with Crippen LogP contribution >= 0.6 is 67.7 Å². The maximum Gasteiger partial charge on any atom is 0.509 e. The van der Waals surface area contributed by atoms with E-state index in [0.717, 1.165) is 9.60 Å². The first-order valence-electron chi connectivity index (χ1n) is 9.93. The van der Waals surface area contributed by atoms with E-state index in [-0.39, 0.29) is 12.5 Å². The molecule has 0 radical (unpaired) electrons. The summed E-state index contributed by atoms with van der Waals surface area (Å²) in [6.07, 6.45) is -1.69. The SMILES string of the molecule is COC(=O)C(C(C)=O)N1C[C@H](SSc2cccc3sc([C@@H](C)OC(=O)OCC(Cl)(Cl)Cl)nc23)C1=O. The molecule has 2 aromatic rings. The zero-order valence-electron chi connectivity index (χ0n) is 18.5. The molecule has 1 unspecified atom stereocenters. The zero-order valence-corrected chi connectivity index (χ0v) is 23.2. The molecule has 9 nitrogen and oxygen atoms in total. The normalized spacial score (nSPS) is 17.5. The molecule has 0 spiro atoms. The molecule has 0 saturated carbocycles. The highest BCUT2D eigenvalue weighted by Gasteiger charge is 2.46. The third-order valence-electron chi connectivity index (χ3n) is 4.67. The molecule has 0 aliphatic carbocycles. The summed E-state index contributed by atoms with van der Waals surface area (Å²) in [6.45, 7) is 2.68. The lowest BCUT2D eigenvalue weighted by molar-refractivity contribution is -0.161. The molecular weight excluding hydrogens is 583 g/mol. The van der Waals surface area contributed by atoms with E-state index >= 15 is 0 Å². The summed E-state index contributed by atoms with van der Waals surface area (Å²) in [4.78, 5) is 54.7. The predicted octanol–water partition coefficient (Wildman–Crippen LogP) is 4.96. The number of para-hydroxylation sites is 1. The van der Waals surface area contributed by atoms with Crippen LogP contribution in [0.1, 0.15) is 25.0 Å². The van der Waals surface area contributed by atoms with Gasteiger partial charge in [0.2, 0.25) is 9.70 Å². The van der Waals surface area contributed by atoms with Gasteiger partial charge in [0, 0.05) is 11.4 Å². The number of halogens is 3. The molecule has 35 heavy (non-hydrogen) atoms. The fraction of sp³-hybridized carbons (Fsp3) is 0.450. The Labute approximate surface area is 227 Å². The van der Waals surface area contributed by atoms with E-state index < -0.39 is 45.7 Å². The van der Waals surface area contributed by atoms with E-state index in [4.69, 9.17) is 44.3 Å². The summed E-state index contributed by atoms with van der Waals surface area (Å²) in [6, 6.07) is 4.37. The number of rotatable bonds is 9. The number of hydrogen-bond acceptors (Lipinski definition) is 11. The van der Waals surface area contributed by atoms with E-state index in [9.17, 15) is 19.2 Å². The second kappa shape index (κ2) is 11.7. The van der Waals surface area contributed by atoms with Crippen molar-refractivity contribution >= 4 is 102 Å². The first-order valence-corrected chi connectivity index (χ1v) is 14.1. The number of carbonyl (C=O) groups excluding carboxylic acids is 4. The van der Waals surface area contributed by atoms with Crippen LogP contribution in [0.15, 0.2) is 23.1 Å². The van der Waals surface area contributed by atoms with Crippen molar-refractivity contribution < 1.29 is 33.4 Å². The molecule has 1 aromatic carbocycles. The molecule has 0 bridgehead atoms. The van der Waals surface area contributed by atoms with E-state index in [2.05, 4.69) is 9.72 Å². The number of carbonyl (C=O) groups is 4. The molecule has 1 fully saturated rings. The van der Waals surface area contributed by atoms with Crippen LogP contribution in [0.3, 0.4) is 0 Å². The first-order chi connectivity index (χ1) is 16.4. The Kier molecular flexibility index (Phi) is 9.44. The molecule has 1 aromatic heterocycles. The quantitative estimate of drug-likeness (QED) is 0.128. The molecule has 1 aliphatic heterocycles. The fourth-order valence-corrected chi connectivity index (χ4v) is 6.73. The van der Waals surface area contributed by atoms with Gasteiger partial charge in [-0.2, -0.15) is 0 Å². The predicted molar refractivity (Wildman–Crippen MR) is 136 cm³/mol. The van der Waals surface area contributed by atoms with Crippen molar-refractivity contribution in [3.8, 4) is 0 Å². The van der Waals surface area contributed by atoms with Crippen molar-refractivity contribution in [1.29, 1.82) is 0 Å². The number of ether oxygens (including phenoxy) is 3. The number of benzene rings is 1. The lowest BCUT2D eigenvalue weighted by atomic mass is 10.1. The van der Waals surface area contributed by atoms with Gasteiger partial charge in [-0.15, -0.1) is 11.3 Å². The number of hydrogen-bond donors (Lipinski definition) is 0. The summed E-state index contributed by atoms with van der Waals surface area (Å²) in [5.74, 6) is -1.52. The van der Waals surface area contributed by atoms with Gasteiger partial charge in [-0.05, 0) is 26.0 Å². The van der Waals surface area contributed by atoms with E-state index in [1.54, 1.807) is 6.92 Å². The zero-order chi connectivity index (χ0) is 25.9. The third kappa shape index (κ3) is 7.07. The van der Waals surface area contributed by atoms with Gasteiger partial charge in [0.25, 0.3) is 0 Å². The summed E-state index contributed by atoms with van der Waals surface area (Å²) in [7, 11) is 3.84. The number of esters is 1. The number of Topliss-reactive ketones (excluding diaryl/α,β-unsaturated/α-hetero) is 1. The average molecular weight is 602 g/mol. The maximum absolute atomic E-state index is 12.6. The minimum absolute atomic E-state index is 0.245. The molecule has 0 N–H and O–H groups in total. The topological polar surface area (TPSA) is 112 Å². The van der Waals surface area contributed by atoms with Crippen LogP contribution in [0.4, 0.5) is 4.79 Å². The van der Waals surface area contributed by atoms with Crippen LogP contribution in [0.5, 0.6) is 0 Å². The van der Waals surface area contributed by atoms with E-state index in [0.29, 0.717) is 10.5 Å². The Morgan fingerprint density at radius 2 is 2.03 bits per heavy atom. The van der Waals surface area contributed by atoms with Crippen LogP contribution in [0.2, 0.25) is 0 Å². The van der Waals surface area contributed by atoms with Crippen molar-refractivity contribution in [2.75, 3.05) is 20.3 Å². The van der Waals surface area contributed by atoms with Crippen LogP contribution < -0.4 is 0 Å². The van der Waals surface area contributed by atoms with Crippen molar-refractivity contribution in [2.45, 2.75) is 39.9 Å². The Hall–Kier alpha value is -1.44. The standard InChI is InChI=1S/C20H19Cl3N2O7S3/c1-9(26)15(18(28)30-3)25-7-13(17(25)27)35-34-12-6-4-5-11-14(12)24-16(33-11)10(2)32-19(29)31-8-20(21,22)23/h4-6,10,13,15H,7-8H2,1-3H3/t10-,13+,15?/m1/s1. The maximum atomic E-state index is 12.6. The second-order valence-corrected chi connectivity index (χ2v) is 13.3. The number of methoxy groups -OCH3 is 1. The van der Waals surface area contributed by atoms with E-state index in [1.807, 2.05) is 18.2 Å². The minimum Gasteiger partial charge on any atom is -0.467 e. The summed E-state index contributed by atoms with van der Waals surface area (Å²) in [5.41, 5.74) is 0.690. The molecule has 1 aliphatic rings. The smallest absolute Gasteiger partial charge is 0.467 e. The van der Waals surface area contributed by atoms with Gasteiger partial charge in [0.1, 0.15) is 16.9 Å². The average Bonchev–Trinajstić information content (AvgIpc) is 3.23. The molecule has 15 heteroatoms. The van der Waals surface area contributed by atoms with Gasteiger partial charge in [0.05, 0.1) is 17.3 Å². The monoisotopic (exact) mass is 600 g/mol. The molecule has 2 heterocycles. The molecule has 1 saturated heterocycles. The first kappa shape index (κ1) is 28.1. The van der Waals surface area contributed by atoms with Crippen LogP contribution in [-0.2, 0) is 28.6 Å². The number of nitrogens with zero attached hydrogens (tertiary/aromatic N) is 2. The van der Waals surface area contributed by atoms with Gasteiger partial charge in [-0.1, -0.05) is 62.5 Å². The summed E-state index contributed by atoms with van der Waals surface area (Å²) < 4.78 is 13.7. The molecular formula is C20H19Cl3N2O7S3. The van der Waals surface area contributed by atoms with Gasteiger partial charge in [-0.3, -0.25) is 9.59 Å². The van der Waals surface area contributed by atoms with Gasteiger partial charge >= 0.3 is 12.1 Å². The van der Waals surface area contributed by atoms with E-state index in [1.165, 1.54) is 51.9 Å². The Morgan fingerprint density at radius 1 is 1.31 bits per heavy atom. The van der Waals surface area contributed by atoms with Crippen molar-refractivity contribution in [3.05, 3.63) is 23.2 Å². The number of amides is 1. The Balaban J connectivity index is 1.62. The molecule has 3 atom stereocenters. The van der Waals surface area contributed by atoms with Crippen LogP contribution in [0.25, 0.3) is 10.2 Å².